The summed E-state index contributed by atoms with van der Waals surface area (Å²) in [5.41, 5.74) is 2.90. The number of halogens is 1. The van der Waals surface area contributed by atoms with Crippen LogP contribution in [0.4, 0.5) is 4.39 Å². The van der Waals surface area contributed by atoms with Gasteiger partial charge in [0, 0.05) is 17.5 Å². The van der Waals surface area contributed by atoms with Crippen molar-refractivity contribution in [1.29, 1.82) is 0 Å². The summed E-state index contributed by atoms with van der Waals surface area (Å²) in [6, 6.07) is 8.06. The van der Waals surface area contributed by atoms with Crippen molar-refractivity contribution in [2.45, 2.75) is 39.0 Å². The summed E-state index contributed by atoms with van der Waals surface area (Å²) in [5, 5.41) is 19.2. The summed E-state index contributed by atoms with van der Waals surface area (Å²) in [4.78, 5) is 5.68. The molecule has 2 aromatic heterocycles. The van der Waals surface area contributed by atoms with Gasteiger partial charge in [-0.05, 0) is 55.5 Å². The first kappa shape index (κ1) is 18.2. The van der Waals surface area contributed by atoms with Crippen LogP contribution in [-0.2, 0) is 0 Å². The highest BCUT2D eigenvalue weighted by Gasteiger charge is 2.20. The minimum atomic E-state index is -0.692. The molecule has 132 valence electrons. The molecule has 3 atom stereocenters. The predicted molar refractivity (Wildman–Crippen MR) is 103 cm³/mol. The number of aromatic nitrogens is 1. The Morgan fingerprint density at radius 2 is 1.80 bits per heavy atom. The smallest absolute Gasteiger partial charge is 0.123 e. The lowest BCUT2D eigenvalue weighted by atomic mass is 10.0. The molecule has 0 saturated carbocycles. The first-order valence-electron chi connectivity index (χ1n) is 8.14. The van der Waals surface area contributed by atoms with Gasteiger partial charge < -0.3 is 10.4 Å². The minimum absolute atomic E-state index is 0.0924. The van der Waals surface area contributed by atoms with E-state index in [1.165, 1.54) is 17.7 Å². The van der Waals surface area contributed by atoms with Gasteiger partial charge in [0.2, 0.25) is 0 Å². The number of aryl methyl sites for hydroxylation is 1. The van der Waals surface area contributed by atoms with Gasteiger partial charge in [-0.1, -0.05) is 12.1 Å². The van der Waals surface area contributed by atoms with Gasteiger partial charge in [0.05, 0.1) is 21.7 Å². The summed E-state index contributed by atoms with van der Waals surface area (Å²) in [5.74, 6) is -0.298. The molecule has 2 N–H and O–H groups in total. The number of hydrogen-bond acceptors (Lipinski definition) is 5. The zero-order valence-corrected chi connectivity index (χ0v) is 16.0. The van der Waals surface area contributed by atoms with Crippen molar-refractivity contribution in [3.63, 3.8) is 0 Å². The number of nitrogens with one attached hydrogen (secondary N) is 1. The van der Waals surface area contributed by atoms with Gasteiger partial charge in [-0.15, -0.1) is 22.7 Å². The van der Waals surface area contributed by atoms with Gasteiger partial charge in [0.15, 0.2) is 0 Å². The Balaban J connectivity index is 1.66. The number of hydrogen-bond donors (Lipinski definition) is 2. The number of aliphatic hydroxyl groups is 1. The molecule has 0 aliphatic heterocycles. The van der Waals surface area contributed by atoms with E-state index in [-0.39, 0.29) is 17.9 Å². The average molecular weight is 377 g/mol. The zero-order valence-electron chi connectivity index (χ0n) is 14.4. The van der Waals surface area contributed by atoms with Crippen LogP contribution in [0, 0.1) is 12.7 Å². The normalized spacial score (nSPS) is 15.1. The standard InChI is InChI=1S/C19H21FN2OS2/c1-11(15-8-18(25-9-15)17-10-24-13(3)22-17)21-12(2)19(23)14-4-6-16(20)7-5-14/h4-12,19,21,23H,1-3H3. The van der Waals surface area contributed by atoms with Gasteiger partial charge >= 0.3 is 0 Å². The molecule has 0 amide bonds. The molecule has 3 aromatic rings. The number of nitrogens with zero attached hydrogens (tertiary/aromatic N) is 1. The van der Waals surface area contributed by atoms with Crippen LogP contribution in [0.15, 0.2) is 41.1 Å². The molecule has 0 aliphatic rings. The molecule has 25 heavy (non-hydrogen) atoms. The summed E-state index contributed by atoms with van der Waals surface area (Å²) in [6.07, 6.45) is -0.692. The Morgan fingerprint density at radius 3 is 2.44 bits per heavy atom. The molecule has 0 bridgehead atoms. The topological polar surface area (TPSA) is 45.2 Å². The molecule has 3 unspecified atom stereocenters. The molecule has 2 heterocycles. The Labute approximate surface area is 155 Å². The molecule has 0 spiro atoms. The third-order valence-electron chi connectivity index (χ3n) is 4.19. The summed E-state index contributed by atoms with van der Waals surface area (Å²) in [7, 11) is 0. The predicted octanol–water partition coefficient (Wildman–Crippen LogP) is 5.09. The maximum absolute atomic E-state index is 13.0. The summed E-state index contributed by atoms with van der Waals surface area (Å²) < 4.78 is 13.0. The maximum atomic E-state index is 13.0. The Morgan fingerprint density at radius 1 is 1.08 bits per heavy atom. The second-order valence-corrected chi connectivity index (χ2v) is 8.14. The summed E-state index contributed by atoms with van der Waals surface area (Å²) >= 11 is 3.33. The largest absolute Gasteiger partial charge is 0.387 e. The lowest BCUT2D eigenvalue weighted by molar-refractivity contribution is 0.130. The van der Waals surface area contributed by atoms with E-state index in [1.807, 2.05) is 13.8 Å². The second-order valence-electron chi connectivity index (χ2n) is 6.17. The van der Waals surface area contributed by atoms with Crippen molar-refractivity contribution in [3.8, 4) is 10.6 Å². The molecule has 0 aliphatic carbocycles. The van der Waals surface area contributed by atoms with Gasteiger partial charge in [-0.2, -0.15) is 0 Å². The van der Waals surface area contributed by atoms with E-state index in [4.69, 9.17) is 0 Å². The number of benzene rings is 1. The van der Waals surface area contributed by atoms with E-state index < -0.39 is 6.10 Å². The van der Waals surface area contributed by atoms with Crippen LogP contribution in [0.1, 0.15) is 42.1 Å². The van der Waals surface area contributed by atoms with Crippen molar-refractivity contribution >= 4 is 22.7 Å². The lowest BCUT2D eigenvalue weighted by Gasteiger charge is -2.24. The molecule has 0 saturated heterocycles. The fourth-order valence-corrected chi connectivity index (χ4v) is 4.37. The van der Waals surface area contributed by atoms with Crippen molar-refractivity contribution in [2.75, 3.05) is 0 Å². The maximum Gasteiger partial charge on any atom is 0.123 e. The first-order valence-corrected chi connectivity index (χ1v) is 9.90. The number of rotatable bonds is 6. The zero-order chi connectivity index (χ0) is 18.0. The Kier molecular flexibility index (Phi) is 5.64. The van der Waals surface area contributed by atoms with Crippen LogP contribution in [0.25, 0.3) is 10.6 Å². The minimum Gasteiger partial charge on any atom is -0.387 e. The SMILES string of the molecule is Cc1nc(-c2cc(C(C)NC(C)C(O)c3ccc(F)cc3)cs2)cs1. The van der Waals surface area contributed by atoms with Crippen LogP contribution in [-0.4, -0.2) is 16.1 Å². The average Bonchev–Trinajstić information content (AvgIpc) is 3.23. The van der Waals surface area contributed by atoms with E-state index in [0.29, 0.717) is 5.56 Å². The fraction of sp³-hybridized carbons (Fsp3) is 0.316. The third-order valence-corrected chi connectivity index (χ3v) is 5.93. The van der Waals surface area contributed by atoms with Gasteiger partial charge in [0.25, 0.3) is 0 Å². The van der Waals surface area contributed by atoms with E-state index >= 15 is 0 Å². The van der Waals surface area contributed by atoms with Crippen LogP contribution in [0.3, 0.4) is 0 Å². The van der Waals surface area contributed by atoms with E-state index in [1.54, 1.807) is 34.8 Å². The molecule has 3 rings (SSSR count). The number of thiazole rings is 1. The van der Waals surface area contributed by atoms with Crippen LogP contribution < -0.4 is 5.32 Å². The van der Waals surface area contributed by atoms with Gasteiger partial charge in [-0.3, -0.25) is 0 Å². The fourth-order valence-electron chi connectivity index (χ4n) is 2.72. The van der Waals surface area contributed by atoms with Crippen molar-refractivity contribution in [3.05, 3.63) is 63.0 Å². The monoisotopic (exact) mass is 376 g/mol. The van der Waals surface area contributed by atoms with Crippen molar-refractivity contribution < 1.29 is 9.50 Å². The van der Waals surface area contributed by atoms with Crippen LogP contribution in [0.5, 0.6) is 0 Å². The van der Waals surface area contributed by atoms with E-state index in [0.717, 1.165) is 15.6 Å². The Bertz CT molecular complexity index is 828. The molecule has 0 fully saturated rings. The van der Waals surface area contributed by atoms with Gasteiger partial charge in [-0.25, -0.2) is 9.37 Å². The Hall–Kier alpha value is -1.60. The third kappa shape index (κ3) is 4.33. The van der Waals surface area contributed by atoms with Crippen LogP contribution in [0.2, 0.25) is 0 Å². The van der Waals surface area contributed by atoms with Crippen molar-refractivity contribution in [1.82, 2.24) is 10.3 Å². The number of thiophene rings is 1. The summed E-state index contributed by atoms with van der Waals surface area (Å²) in [6.45, 7) is 6.01. The molecular formula is C19H21FN2OS2. The molecule has 0 radical (unpaired) electrons. The highest BCUT2D eigenvalue weighted by molar-refractivity contribution is 7.14. The number of aliphatic hydroxyl groups excluding tert-OH is 1. The highest BCUT2D eigenvalue weighted by Crippen LogP contribution is 2.31. The highest BCUT2D eigenvalue weighted by atomic mass is 32.1. The van der Waals surface area contributed by atoms with Crippen molar-refractivity contribution in [2.24, 2.45) is 0 Å². The van der Waals surface area contributed by atoms with E-state index in [9.17, 15) is 9.50 Å². The van der Waals surface area contributed by atoms with Gasteiger partial charge in [0.1, 0.15) is 5.82 Å². The molecular weight excluding hydrogens is 355 g/mol. The lowest BCUT2D eigenvalue weighted by Crippen LogP contribution is -2.34. The van der Waals surface area contributed by atoms with E-state index in [2.05, 4.69) is 34.1 Å². The molecule has 6 heteroatoms. The van der Waals surface area contributed by atoms with Crippen LogP contribution >= 0.6 is 22.7 Å². The quantitative estimate of drug-likeness (QED) is 0.630. The molecule has 1 aromatic carbocycles. The second kappa shape index (κ2) is 7.74. The molecule has 3 nitrogen and oxygen atoms in total. The first-order chi connectivity index (χ1) is 11.9.